The van der Waals surface area contributed by atoms with Gasteiger partial charge in [-0.15, -0.1) is 0 Å². The van der Waals surface area contributed by atoms with Gasteiger partial charge in [0.1, 0.15) is 11.6 Å². The Morgan fingerprint density at radius 1 is 1.59 bits per heavy atom. The fourth-order valence-electron chi connectivity index (χ4n) is 1.85. The number of alkyl halides is 1. The number of hydrogen-bond donors (Lipinski definition) is 1. The van der Waals surface area contributed by atoms with Crippen LogP contribution in [0.2, 0.25) is 5.02 Å². The predicted octanol–water partition coefficient (Wildman–Crippen LogP) is 2.93. The Morgan fingerprint density at radius 2 is 2.29 bits per heavy atom. The van der Waals surface area contributed by atoms with E-state index in [4.69, 9.17) is 11.6 Å². The lowest BCUT2D eigenvalue weighted by Crippen LogP contribution is -2.25. The largest absolute Gasteiger partial charge is 0.506 e. The maximum atomic E-state index is 13.7. The van der Waals surface area contributed by atoms with Crippen LogP contribution in [0.3, 0.4) is 0 Å². The fourth-order valence-corrected chi connectivity index (χ4v) is 2.44. The highest BCUT2D eigenvalue weighted by Gasteiger charge is 2.31. The Hall–Kier alpha value is -0.810. The number of hydrogen-bond acceptors (Lipinski definition) is 2. The molecule has 1 aliphatic rings. The van der Waals surface area contributed by atoms with Crippen molar-refractivity contribution in [2.75, 3.05) is 16.8 Å². The van der Waals surface area contributed by atoms with E-state index in [2.05, 4.69) is 15.9 Å². The van der Waals surface area contributed by atoms with Crippen LogP contribution in [0, 0.1) is 11.7 Å². The molecule has 3 nitrogen and oxygen atoms in total. The molecule has 1 fully saturated rings. The van der Waals surface area contributed by atoms with Crippen LogP contribution in [0.5, 0.6) is 5.75 Å². The van der Waals surface area contributed by atoms with Gasteiger partial charge in [0.2, 0.25) is 5.91 Å². The molecule has 0 aliphatic carbocycles. The van der Waals surface area contributed by atoms with Crippen molar-refractivity contribution in [1.82, 2.24) is 0 Å². The van der Waals surface area contributed by atoms with E-state index in [-0.39, 0.29) is 28.3 Å². The lowest BCUT2D eigenvalue weighted by atomic mass is 10.2. The van der Waals surface area contributed by atoms with Gasteiger partial charge in [-0.05, 0) is 12.0 Å². The SMILES string of the molecule is O=C1CC(CBr)CN1c1cc(O)c(Cl)cc1F. The van der Waals surface area contributed by atoms with Gasteiger partial charge >= 0.3 is 0 Å². The van der Waals surface area contributed by atoms with Gasteiger partial charge in [-0.25, -0.2) is 4.39 Å². The molecule has 1 saturated heterocycles. The first-order valence-corrected chi connectivity index (χ1v) is 6.57. The van der Waals surface area contributed by atoms with Crippen molar-refractivity contribution in [2.45, 2.75) is 6.42 Å². The third kappa shape index (κ3) is 2.40. The molecule has 0 saturated carbocycles. The number of amides is 1. The van der Waals surface area contributed by atoms with Crippen LogP contribution < -0.4 is 4.90 Å². The Bertz CT molecular complexity index is 469. The molecule has 1 amide bonds. The number of anilines is 1. The summed E-state index contributed by atoms with van der Waals surface area (Å²) in [6, 6.07) is 2.20. The predicted molar refractivity (Wildman–Crippen MR) is 67.3 cm³/mol. The molecule has 0 radical (unpaired) electrons. The summed E-state index contributed by atoms with van der Waals surface area (Å²) in [6.45, 7) is 0.447. The second-order valence-electron chi connectivity index (χ2n) is 3.98. The van der Waals surface area contributed by atoms with Gasteiger partial charge < -0.3 is 10.0 Å². The van der Waals surface area contributed by atoms with Crippen LogP contribution in [0.1, 0.15) is 6.42 Å². The Morgan fingerprint density at radius 3 is 2.88 bits per heavy atom. The molecule has 1 heterocycles. The number of carbonyl (C=O) groups excluding carboxylic acids is 1. The first kappa shape index (κ1) is 12.6. The molecule has 6 heteroatoms. The second kappa shape index (κ2) is 4.82. The number of benzene rings is 1. The van der Waals surface area contributed by atoms with Gasteiger partial charge in [-0.2, -0.15) is 0 Å². The maximum absolute atomic E-state index is 13.7. The van der Waals surface area contributed by atoms with Gasteiger partial charge in [-0.3, -0.25) is 4.79 Å². The lowest BCUT2D eigenvalue weighted by molar-refractivity contribution is -0.117. The Balaban J connectivity index is 2.35. The Labute approximate surface area is 111 Å². The van der Waals surface area contributed by atoms with Crippen molar-refractivity contribution in [1.29, 1.82) is 0 Å². The topological polar surface area (TPSA) is 40.5 Å². The van der Waals surface area contributed by atoms with E-state index in [0.717, 1.165) is 6.07 Å². The molecule has 0 aromatic heterocycles. The van der Waals surface area contributed by atoms with E-state index in [1.54, 1.807) is 0 Å². The van der Waals surface area contributed by atoms with Crippen molar-refractivity contribution in [3.8, 4) is 5.75 Å². The van der Waals surface area contributed by atoms with Crippen LogP contribution in [0.25, 0.3) is 0 Å². The highest BCUT2D eigenvalue weighted by molar-refractivity contribution is 9.09. The molecule has 1 unspecified atom stereocenters. The molecule has 1 aromatic carbocycles. The molecular weight excluding hydrogens is 312 g/mol. The Kier molecular flexibility index (Phi) is 3.58. The summed E-state index contributed by atoms with van der Waals surface area (Å²) in [4.78, 5) is 13.1. The highest BCUT2D eigenvalue weighted by atomic mass is 79.9. The zero-order valence-corrected chi connectivity index (χ0v) is 11.1. The van der Waals surface area contributed by atoms with Gasteiger partial charge in [0.15, 0.2) is 0 Å². The van der Waals surface area contributed by atoms with E-state index < -0.39 is 5.82 Å². The average molecular weight is 323 g/mol. The summed E-state index contributed by atoms with van der Waals surface area (Å²) in [5.74, 6) is -0.802. The molecule has 1 N–H and O–H groups in total. The highest BCUT2D eigenvalue weighted by Crippen LogP contribution is 2.34. The minimum absolute atomic E-state index is 0.0602. The number of halogens is 3. The van der Waals surface area contributed by atoms with Crippen molar-refractivity contribution in [3.05, 3.63) is 23.0 Å². The number of aromatic hydroxyl groups is 1. The molecule has 0 bridgehead atoms. The second-order valence-corrected chi connectivity index (χ2v) is 5.04. The van der Waals surface area contributed by atoms with Crippen molar-refractivity contribution >= 4 is 39.1 Å². The zero-order valence-electron chi connectivity index (χ0n) is 8.79. The monoisotopic (exact) mass is 321 g/mol. The first-order chi connectivity index (χ1) is 8.02. The molecule has 1 aliphatic heterocycles. The summed E-state index contributed by atoms with van der Waals surface area (Å²) in [6.07, 6.45) is 0.383. The molecule has 2 rings (SSSR count). The van der Waals surface area contributed by atoms with Crippen LogP contribution in [-0.2, 0) is 4.79 Å². The number of rotatable bonds is 2. The zero-order chi connectivity index (χ0) is 12.6. The standard InChI is InChI=1S/C11H10BrClFNO2/c12-4-6-1-11(17)15(5-6)9-3-10(16)7(13)2-8(9)14/h2-3,6,16H,1,4-5H2. The average Bonchev–Trinajstić information content (AvgIpc) is 2.65. The van der Waals surface area contributed by atoms with Crippen LogP contribution >= 0.6 is 27.5 Å². The number of carbonyl (C=O) groups is 1. The van der Waals surface area contributed by atoms with E-state index in [0.29, 0.717) is 18.3 Å². The number of phenolic OH excluding ortho intramolecular Hbond substituents is 1. The molecular formula is C11H10BrClFNO2. The number of nitrogens with zero attached hydrogens (tertiary/aromatic N) is 1. The van der Waals surface area contributed by atoms with E-state index in [9.17, 15) is 14.3 Å². The van der Waals surface area contributed by atoms with Gasteiger partial charge in [0.25, 0.3) is 0 Å². The van der Waals surface area contributed by atoms with E-state index >= 15 is 0 Å². The minimum Gasteiger partial charge on any atom is -0.506 e. The minimum atomic E-state index is -0.601. The van der Waals surface area contributed by atoms with E-state index in [1.807, 2.05) is 0 Å². The third-order valence-corrected chi connectivity index (χ3v) is 3.95. The third-order valence-electron chi connectivity index (χ3n) is 2.73. The van der Waals surface area contributed by atoms with Crippen molar-refractivity contribution in [3.63, 3.8) is 0 Å². The van der Waals surface area contributed by atoms with Gasteiger partial charge in [0.05, 0.1) is 10.7 Å². The van der Waals surface area contributed by atoms with Crippen LogP contribution in [0.4, 0.5) is 10.1 Å². The van der Waals surface area contributed by atoms with Gasteiger partial charge in [-0.1, -0.05) is 27.5 Å². The maximum Gasteiger partial charge on any atom is 0.227 e. The fraction of sp³-hybridized carbons (Fsp3) is 0.364. The van der Waals surface area contributed by atoms with Crippen LogP contribution in [0.15, 0.2) is 12.1 Å². The summed E-state index contributed by atoms with van der Waals surface area (Å²) in [5, 5.41) is 10.1. The smallest absolute Gasteiger partial charge is 0.227 e. The first-order valence-electron chi connectivity index (χ1n) is 5.07. The summed E-state index contributed by atoms with van der Waals surface area (Å²) in [7, 11) is 0. The molecule has 1 atom stereocenters. The summed E-state index contributed by atoms with van der Waals surface area (Å²) >= 11 is 8.89. The van der Waals surface area contributed by atoms with Crippen molar-refractivity contribution in [2.24, 2.45) is 5.92 Å². The summed E-state index contributed by atoms with van der Waals surface area (Å²) < 4.78 is 13.7. The molecule has 1 aromatic rings. The number of phenols is 1. The van der Waals surface area contributed by atoms with Crippen LogP contribution in [-0.4, -0.2) is 22.9 Å². The van der Waals surface area contributed by atoms with E-state index in [1.165, 1.54) is 11.0 Å². The van der Waals surface area contributed by atoms with Crippen molar-refractivity contribution < 1.29 is 14.3 Å². The quantitative estimate of drug-likeness (QED) is 0.851. The van der Waals surface area contributed by atoms with Gasteiger partial charge in [0, 0.05) is 24.4 Å². The molecule has 17 heavy (non-hydrogen) atoms. The molecule has 0 spiro atoms. The molecule has 92 valence electrons. The summed E-state index contributed by atoms with van der Waals surface area (Å²) in [5.41, 5.74) is 0.0837. The normalized spacial score (nSPS) is 20.1. The lowest BCUT2D eigenvalue weighted by Gasteiger charge is -2.17.